The van der Waals surface area contributed by atoms with E-state index >= 15 is 0 Å². The van der Waals surface area contributed by atoms with E-state index in [9.17, 15) is 0 Å². The van der Waals surface area contributed by atoms with Crippen molar-refractivity contribution in [3.05, 3.63) is 22.4 Å². The third-order valence-electron chi connectivity index (χ3n) is 3.51. The fourth-order valence-corrected chi connectivity index (χ4v) is 2.93. The van der Waals surface area contributed by atoms with Crippen LogP contribution in [0, 0.1) is 5.41 Å². The molecule has 1 nitrogen and oxygen atoms in total. The standard InChI is InChI=1S/C13H21NS/c1-13(2)6-3-12(4-7-13)14-9-11-5-8-15-10-11/h5,8,10,12,14H,3-4,6-7,9H2,1-2H3. The molecule has 1 aliphatic carbocycles. The summed E-state index contributed by atoms with van der Waals surface area (Å²) in [5.41, 5.74) is 2.02. The van der Waals surface area contributed by atoms with Crippen molar-refractivity contribution in [1.29, 1.82) is 0 Å². The average molecular weight is 223 g/mol. The number of hydrogen-bond donors (Lipinski definition) is 1. The van der Waals surface area contributed by atoms with Gasteiger partial charge in [0.05, 0.1) is 0 Å². The summed E-state index contributed by atoms with van der Waals surface area (Å²) in [5.74, 6) is 0. The van der Waals surface area contributed by atoms with Crippen LogP contribution in [0.5, 0.6) is 0 Å². The van der Waals surface area contributed by atoms with Crippen molar-refractivity contribution < 1.29 is 0 Å². The number of thiophene rings is 1. The highest BCUT2D eigenvalue weighted by Crippen LogP contribution is 2.35. The fourth-order valence-electron chi connectivity index (χ4n) is 2.26. The maximum atomic E-state index is 3.67. The Morgan fingerprint density at radius 3 is 2.73 bits per heavy atom. The van der Waals surface area contributed by atoms with E-state index in [0.29, 0.717) is 5.41 Å². The van der Waals surface area contributed by atoms with Crippen molar-refractivity contribution in [2.45, 2.75) is 52.1 Å². The smallest absolute Gasteiger partial charge is 0.0216 e. The summed E-state index contributed by atoms with van der Waals surface area (Å²) in [4.78, 5) is 0. The second-order valence-corrected chi connectivity index (χ2v) is 6.23. The monoisotopic (exact) mass is 223 g/mol. The van der Waals surface area contributed by atoms with Crippen molar-refractivity contribution in [2.75, 3.05) is 0 Å². The molecule has 0 atom stereocenters. The van der Waals surface area contributed by atoms with Gasteiger partial charge in [0.2, 0.25) is 0 Å². The SMILES string of the molecule is CC1(C)CCC(NCc2ccsc2)CC1. The lowest BCUT2D eigenvalue weighted by Gasteiger charge is -2.34. The van der Waals surface area contributed by atoms with Gasteiger partial charge in [-0.3, -0.25) is 0 Å². The van der Waals surface area contributed by atoms with Gasteiger partial charge in [0, 0.05) is 12.6 Å². The topological polar surface area (TPSA) is 12.0 Å². The van der Waals surface area contributed by atoms with Gasteiger partial charge in [0.15, 0.2) is 0 Å². The molecule has 1 aromatic heterocycles. The Kier molecular flexibility index (Phi) is 3.47. The van der Waals surface area contributed by atoms with E-state index in [4.69, 9.17) is 0 Å². The van der Waals surface area contributed by atoms with E-state index in [1.807, 2.05) is 0 Å². The second-order valence-electron chi connectivity index (χ2n) is 5.45. The molecule has 0 spiro atoms. The lowest BCUT2D eigenvalue weighted by Crippen LogP contribution is -2.35. The van der Waals surface area contributed by atoms with Crippen molar-refractivity contribution in [3.8, 4) is 0 Å². The Hall–Kier alpha value is -0.340. The Bertz CT molecular complexity index is 279. The lowest BCUT2D eigenvalue weighted by molar-refractivity contribution is 0.206. The van der Waals surface area contributed by atoms with Gasteiger partial charge < -0.3 is 5.32 Å². The van der Waals surface area contributed by atoms with Crippen molar-refractivity contribution in [1.82, 2.24) is 5.32 Å². The molecule has 1 aromatic rings. The zero-order valence-electron chi connectivity index (χ0n) is 9.75. The average Bonchev–Trinajstić information content (AvgIpc) is 2.69. The zero-order valence-corrected chi connectivity index (χ0v) is 10.6. The first kappa shape index (κ1) is 11.2. The van der Waals surface area contributed by atoms with Gasteiger partial charge in [0.25, 0.3) is 0 Å². The first-order chi connectivity index (χ1) is 7.16. The molecule has 0 unspecified atom stereocenters. The normalized spacial score (nSPS) is 21.7. The minimum atomic E-state index is 0.584. The number of nitrogens with one attached hydrogen (secondary N) is 1. The minimum Gasteiger partial charge on any atom is -0.310 e. The summed E-state index contributed by atoms with van der Waals surface area (Å²) in [6.45, 7) is 5.83. The highest BCUT2D eigenvalue weighted by molar-refractivity contribution is 7.07. The highest BCUT2D eigenvalue weighted by Gasteiger charge is 2.26. The van der Waals surface area contributed by atoms with Crippen LogP contribution in [0.15, 0.2) is 16.8 Å². The largest absolute Gasteiger partial charge is 0.310 e. The Morgan fingerprint density at radius 1 is 1.40 bits per heavy atom. The van der Waals surface area contributed by atoms with Crippen molar-refractivity contribution >= 4 is 11.3 Å². The Balaban J connectivity index is 1.73. The van der Waals surface area contributed by atoms with Crippen LogP contribution in [-0.4, -0.2) is 6.04 Å². The third-order valence-corrected chi connectivity index (χ3v) is 4.25. The molecule has 1 N–H and O–H groups in total. The van der Waals surface area contributed by atoms with Gasteiger partial charge in [-0.15, -0.1) is 0 Å². The molecule has 0 aromatic carbocycles. The summed E-state index contributed by atoms with van der Waals surface area (Å²) in [7, 11) is 0. The molecule has 2 rings (SSSR count). The summed E-state index contributed by atoms with van der Waals surface area (Å²) in [6.07, 6.45) is 5.43. The van der Waals surface area contributed by atoms with Crippen LogP contribution in [0.3, 0.4) is 0 Å². The molecular formula is C13H21NS. The molecule has 1 aliphatic rings. The zero-order chi connectivity index (χ0) is 10.7. The van der Waals surface area contributed by atoms with Gasteiger partial charge in [-0.2, -0.15) is 11.3 Å². The van der Waals surface area contributed by atoms with Crippen LogP contribution in [0.2, 0.25) is 0 Å². The van der Waals surface area contributed by atoms with Crippen LogP contribution in [0.25, 0.3) is 0 Å². The molecular weight excluding hydrogens is 202 g/mol. The van der Waals surface area contributed by atoms with Gasteiger partial charge in [-0.25, -0.2) is 0 Å². The quantitative estimate of drug-likeness (QED) is 0.821. The van der Waals surface area contributed by atoms with E-state index in [1.54, 1.807) is 11.3 Å². The van der Waals surface area contributed by atoms with Crippen molar-refractivity contribution in [2.24, 2.45) is 5.41 Å². The minimum absolute atomic E-state index is 0.584. The maximum absolute atomic E-state index is 3.67. The van der Waals surface area contributed by atoms with Crippen LogP contribution in [-0.2, 0) is 6.54 Å². The molecule has 1 heterocycles. The van der Waals surface area contributed by atoms with E-state index < -0.39 is 0 Å². The Morgan fingerprint density at radius 2 is 2.13 bits per heavy atom. The molecule has 0 saturated heterocycles. The molecule has 0 amide bonds. The van der Waals surface area contributed by atoms with E-state index in [0.717, 1.165) is 12.6 Å². The number of hydrogen-bond acceptors (Lipinski definition) is 2. The molecule has 84 valence electrons. The number of rotatable bonds is 3. The van der Waals surface area contributed by atoms with E-state index in [-0.39, 0.29) is 0 Å². The lowest BCUT2D eigenvalue weighted by atomic mass is 9.75. The molecule has 2 heteroatoms. The van der Waals surface area contributed by atoms with Gasteiger partial charge in [-0.1, -0.05) is 13.8 Å². The third kappa shape index (κ3) is 3.32. The summed E-state index contributed by atoms with van der Waals surface area (Å²) >= 11 is 1.79. The molecule has 0 bridgehead atoms. The summed E-state index contributed by atoms with van der Waals surface area (Å²) in [6, 6.07) is 2.96. The second kappa shape index (κ2) is 4.67. The molecule has 1 fully saturated rings. The van der Waals surface area contributed by atoms with Crippen molar-refractivity contribution in [3.63, 3.8) is 0 Å². The predicted molar refractivity (Wildman–Crippen MR) is 67.2 cm³/mol. The molecule has 0 radical (unpaired) electrons. The first-order valence-corrected chi connectivity index (χ1v) is 6.84. The summed E-state index contributed by atoms with van der Waals surface area (Å²) < 4.78 is 0. The van der Waals surface area contributed by atoms with Gasteiger partial charge >= 0.3 is 0 Å². The summed E-state index contributed by atoms with van der Waals surface area (Å²) in [5, 5.41) is 8.06. The first-order valence-electron chi connectivity index (χ1n) is 5.90. The van der Waals surface area contributed by atoms with Gasteiger partial charge in [0.1, 0.15) is 0 Å². The molecule has 1 saturated carbocycles. The van der Waals surface area contributed by atoms with Crippen LogP contribution < -0.4 is 5.32 Å². The van der Waals surface area contributed by atoms with Crippen LogP contribution >= 0.6 is 11.3 Å². The fraction of sp³-hybridized carbons (Fsp3) is 0.692. The highest BCUT2D eigenvalue weighted by atomic mass is 32.1. The van der Waals surface area contributed by atoms with Crippen LogP contribution in [0.4, 0.5) is 0 Å². The predicted octanol–water partition coefficient (Wildman–Crippen LogP) is 3.81. The van der Waals surface area contributed by atoms with Crippen LogP contribution in [0.1, 0.15) is 45.1 Å². The molecule has 0 aliphatic heterocycles. The van der Waals surface area contributed by atoms with E-state index in [1.165, 1.54) is 31.2 Å². The maximum Gasteiger partial charge on any atom is 0.0216 e. The van der Waals surface area contributed by atoms with Gasteiger partial charge in [-0.05, 0) is 53.5 Å². The molecule has 15 heavy (non-hydrogen) atoms. The Labute approximate surface area is 96.9 Å². The van der Waals surface area contributed by atoms with E-state index in [2.05, 4.69) is 36.0 Å².